The zero-order valence-electron chi connectivity index (χ0n) is 10.8. The Morgan fingerprint density at radius 1 is 1.16 bits per heavy atom. The second kappa shape index (κ2) is 9.83. The fourth-order valence-electron chi connectivity index (χ4n) is 1.42. The van der Waals surface area contributed by atoms with Gasteiger partial charge in [-0.15, -0.1) is 0 Å². The van der Waals surface area contributed by atoms with E-state index in [1.54, 1.807) is 12.1 Å². The van der Waals surface area contributed by atoms with Gasteiger partial charge >= 0.3 is 0 Å². The molecule has 0 radical (unpaired) electrons. The van der Waals surface area contributed by atoms with Crippen molar-refractivity contribution in [1.29, 1.82) is 0 Å². The number of rotatable bonds is 9. The third-order valence-electron chi connectivity index (χ3n) is 2.36. The Balaban J connectivity index is 2.17. The van der Waals surface area contributed by atoms with Crippen molar-refractivity contribution in [3.05, 3.63) is 26.7 Å². The van der Waals surface area contributed by atoms with Crippen molar-refractivity contribution in [3.8, 4) is 5.75 Å². The van der Waals surface area contributed by atoms with Crippen LogP contribution >= 0.6 is 39.1 Å². The third kappa shape index (κ3) is 6.82. The Morgan fingerprint density at radius 3 is 2.68 bits per heavy atom. The SMILES string of the molecule is CCOCCCNCCOc1cc(Cl)c(Br)cc1Cl. The van der Waals surface area contributed by atoms with E-state index in [1.165, 1.54) is 0 Å². The van der Waals surface area contributed by atoms with Crippen LogP contribution in [0.1, 0.15) is 13.3 Å². The van der Waals surface area contributed by atoms with Gasteiger partial charge in [-0.2, -0.15) is 0 Å². The summed E-state index contributed by atoms with van der Waals surface area (Å²) in [5, 5.41) is 4.41. The van der Waals surface area contributed by atoms with E-state index >= 15 is 0 Å². The molecule has 0 unspecified atom stereocenters. The van der Waals surface area contributed by atoms with Crippen LogP contribution < -0.4 is 10.1 Å². The van der Waals surface area contributed by atoms with Crippen molar-refractivity contribution < 1.29 is 9.47 Å². The van der Waals surface area contributed by atoms with E-state index in [1.807, 2.05) is 6.92 Å². The maximum absolute atomic E-state index is 6.05. The first kappa shape index (κ1) is 17.1. The Labute approximate surface area is 132 Å². The maximum atomic E-state index is 6.05. The lowest BCUT2D eigenvalue weighted by Gasteiger charge is -2.10. The van der Waals surface area contributed by atoms with Gasteiger partial charge in [0.25, 0.3) is 0 Å². The van der Waals surface area contributed by atoms with Gasteiger partial charge in [-0.1, -0.05) is 23.2 Å². The van der Waals surface area contributed by atoms with Crippen LogP contribution in [-0.4, -0.2) is 32.9 Å². The summed E-state index contributed by atoms with van der Waals surface area (Å²) in [7, 11) is 0. The Bertz CT molecular complexity index is 391. The van der Waals surface area contributed by atoms with Gasteiger partial charge in [0.15, 0.2) is 0 Å². The van der Waals surface area contributed by atoms with Crippen LogP contribution in [-0.2, 0) is 4.74 Å². The van der Waals surface area contributed by atoms with E-state index in [-0.39, 0.29) is 0 Å². The molecule has 0 aliphatic heterocycles. The summed E-state index contributed by atoms with van der Waals surface area (Å²) >= 11 is 15.3. The first-order valence-corrected chi connectivity index (χ1v) is 7.75. The lowest BCUT2D eigenvalue weighted by Crippen LogP contribution is -2.23. The average molecular weight is 371 g/mol. The van der Waals surface area contributed by atoms with Crippen LogP contribution in [0.2, 0.25) is 10.0 Å². The van der Waals surface area contributed by atoms with Gasteiger partial charge in [0, 0.05) is 30.3 Å². The quantitative estimate of drug-likeness (QED) is 0.523. The topological polar surface area (TPSA) is 30.5 Å². The third-order valence-corrected chi connectivity index (χ3v) is 3.85. The molecular weight excluding hydrogens is 353 g/mol. The molecule has 0 spiro atoms. The molecule has 19 heavy (non-hydrogen) atoms. The van der Waals surface area contributed by atoms with E-state index in [2.05, 4.69) is 21.2 Å². The fourth-order valence-corrected chi connectivity index (χ4v) is 2.26. The van der Waals surface area contributed by atoms with Crippen LogP contribution in [0.5, 0.6) is 5.75 Å². The summed E-state index contributed by atoms with van der Waals surface area (Å²) in [5.74, 6) is 0.603. The number of nitrogens with one attached hydrogen (secondary N) is 1. The standard InChI is InChI=1S/C13H18BrCl2NO2/c1-2-18-6-3-4-17-5-7-19-13-9-11(15)10(14)8-12(13)16/h8-9,17H,2-7H2,1H3. The smallest absolute Gasteiger partial charge is 0.139 e. The Morgan fingerprint density at radius 2 is 1.95 bits per heavy atom. The minimum atomic E-state index is 0.548. The minimum Gasteiger partial charge on any atom is -0.491 e. The molecule has 1 aromatic carbocycles. The maximum Gasteiger partial charge on any atom is 0.139 e. The molecule has 1 aromatic rings. The monoisotopic (exact) mass is 369 g/mol. The summed E-state index contributed by atoms with van der Waals surface area (Å²) in [6, 6.07) is 3.44. The van der Waals surface area contributed by atoms with E-state index in [0.717, 1.165) is 37.2 Å². The van der Waals surface area contributed by atoms with Gasteiger partial charge in [-0.25, -0.2) is 0 Å². The first-order chi connectivity index (χ1) is 9.15. The van der Waals surface area contributed by atoms with Crippen molar-refractivity contribution in [1.82, 2.24) is 5.32 Å². The summed E-state index contributed by atoms with van der Waals surface area (Å²) < 4.78 is 11.6. The predicted molar refractivity (Wildman–Crippen MR) is 83.6 cm³/mol. The molecule has 0 heterocycles. The van der Waals surface area contributed by atoms with Crippen LogP contribution in [0.25, 0.3) is 0 Å². The average Bonchev–Trinajstić information content (AvgIpc) is 2.38. The number of ether oxygens (including phenoxy) is 2. The number of halogens is 3. The predicted octanol–water partition coefficient (Wildman–Crippen LogP) is 4.15. The number of hydrogen-bond donors (Lipinski definition) is 1. The van der Waals surface area contributed by atoms with Crippen molar-refractivity contribution in [2.24, 2.45) is 0 Å². The molecular formula is C13H18BrCl2NO2. The van der Waals surface area contributed by atoms with Gasteiger partial charge in [-0.3, -0.25) is 0 Å². The molecule has 108 valence electrons. The molecule has 3 nitrogen and oxygen atoms in total. The normalized spacial score (nSPS) is 10.7. The summed E-state index contributed by atoms with van der Waals surface area (Å²) in [5.41, 5.74) is 0. The first-order valence-electron chi connectivity index (χ1n) is 6.21. The van der Waals surface area contributed by atoms with Gasteiger partial charge in [0.2, 0.25) is 0 Å². The largest absolute Gasteiger partial charge is 0.491 e. The zero-order chi connectivity index (χ0) is 14.1. The number of hydrogen-bond acceptors (Lipinski definition) is 3. The summed E-state index contributed by atoms with van der Waals surface area (Å²) in [4.78, 5) is 0. The fraction of sp³-hybridized carbons (Fsp3) is 0.538. The lowest BCUT2D eigenvalue weighted by molar-refractivity contribution is 0.144. The molecule has 6 heteroatoms. The van der Waals surface area contributed by atoms with E-state index in [0.29, 0.717) is 22.4 Å². The summed E-state index contributed by atoms with van der Waals surface area (Å²) in [6.07, 6.45) is 0.999. The minimum absolute atomic E-state index is 0.548. The molecule has 0 amide bonds. The van der Waals surface area contributed by atoms with Gasteiger partial charge in [-0.05, 0) is 41.9 Å². The molecule has 0 fully saturated rings. The van der Waals surface area contributed by atoms with Crippen LogP contribution in [0.4, 0.5) is 0 Å². The molecule has 0 aliphatic rings. The van der Waals surface area contributed by atoms with Crippen molar-refractivity contribution in [2.45, 2.75) is 13.3 Å². The van der Waals surface area contributed by atoms with Crippen LogP contribution in [0.3, 0.4) is 0 Å². The van der Waals surface area contributed by atoms with Crippen molar-refractivity contribution >= 4 is 39.1 Å². The highest BCUT2D eigenvalue weighted by molar-refractivity contribution is 9.10. The second-order valence-electron chi connectivity index (χ2n) is 3.85. The Hall–Kier alpha value is -0.0000000000000000555. The molecule has 0 bridgehead atoms. The molecule has 0 saturated carbocycles. The Kier molecular flexibility index (Phi) is 8.83. The molecule has 1 rings (SSSR count). The molecule has 0 atom stereocenters. The number of benzene rings is 1. The highest BCUT2D eigenvalue weighted by atomic mass is 79.9. The summed E-state index contributed by atoms with van der Waals surface area (Å²) in [6.45, 7) is 5.78. The highest BCUT2D eigenvalue weighted by Gasteiger charge is 2.06. The van der Waals surface area contributed by atoms with Crippen molar-refractivity contribution in [2.75, 3.05) is 32.9 Å². The second-order valence-corrected chi connectivity index (χ2v) is 5.51. The van der Waals surface area contributed by atoms with Gasteiger partial charge in [0.1, 0.15) is 12.4 Å². The van der Waals surface area contributed by atoms with E-state index < -0.39 is 0 Å². The molecule has 0 aliphatic carbocycles. The van der Waals surface area contributed by atoms with Crippen LogP contribution in [0, 0.1) is 0 Å². The highest BCUT2D eigenvalue weighted by Crippen LogP contribution is 2.33. The van der Waals surface area contributed by atoms with Gasteiger partial charge < -0.3 is 14.8 Å². The molecule has 0 aromatic heterocycles. The zero-order valence-corrected chi connectivity index (χ0v) is 13.9. The molecule has 0 saturated heterocycles. The van der Waals surface area contributed by atoms with Crippen LogP contribution in [0.15, 0.2) is 16.6 Å². The van der Waals surface area contributed by atoms with E-state index in [4.69, 9.17) is 32.7 Å². The van der Waals surface area contributed by atoms with E-state index in [9.17, 15) is 0 Å². The molecule has 1 N–H and O–H groups in total. The van der Waals surface area contributed by atoms with Crippen molar-refractivity contribution in [3.63, 3.8) is 0 Å². The van der Waals surface area contributed by atoms with Gasteiger partial charge in [0.05, 0.1) is 10.0 Å². The lowest BCUT2D eigenvalue weighted by atomic mass is 10.3.